The van der Waals surface area contributed by atoms with Crippen molar-refractivity contribution < 1.29 is 67.7 Å². The first kappa shape index (κ1) is 46.3. The molecule has 2 aliphatic rings. The van der Waals surface area contributed by atoms with Crippen LogP contribution >= 0.6 is 31.4 Å². The minimum atomic E-state index is -2.16. The second kappa shape index (κ2) is 21.4. The average Bonchev–Trinajstić information content (AvgIpc) is 3.17. The van der Waals surface area contributed by atoms with Crippen LogP contribution in [0, 0.1) is 11.8 Å². The molecule has 2 amide bonds. The molecular weight excluding hydrogens is 793 g/mol. The Morgan fingerprint density at radius 2 is 1.82 bits per heavy atom. The Hall–Kier alpha value is -4.13. The van der Waals surface area contributed by atoms with Crippen molar-refractivity contribution in [2.24, 2.45) is 0 Å². The van der Waals surface area contributed by atoms with Gasteiger partial charge in [0.25, 0.3) is 5.91 Å². The molecule has 0 aromatic heterocycles. The van der Waals surface area contributed by atoms with E-state index in [0.29, 0.717) is 5.75 Å². The maximum atomic E-state index is 14.2. The molecule has 1 aromatic rings. The van der Waals surface area contributed by atoms with E-state index in [0.717, 1.165) is 7.11 Å². The van der Waals surface area contributed by atoms with Crippen LogP contribution in [0.25, 0.3) is 0 Å². The zero-order valence-corrected chi connectivity index (χ0v) is 34.5. The largest absolute Gasteiger partial charge is 0.493 e. The average molecular weight is 839 g/mol. The molecule has 56 heavy (non-hydrogen) atoms. The van der Waals surface area contributed by atoms with Gasteiger partial charge in [-0.25, -0.2) is 9.59 Å². The smallest absolute Gasteiger partial charge is 0.411 e. The van der Waals surface area contributed by atoms with Gasteiger partial charge in [-0.2, -0.15) is 0 Å². The number of hydrogen-bond acceptors (Lipinski definition) is 17. The SMILES string of the molecule is C=C(OC)C(=O)Nc1cc(OC)c(OC)cc1C(=O)O[C@H]1CC(O[C@@H]2C(=O)C(NC(=O)OC)=C([C@@H](O)C#C/C=C\C)/C(=C\CSSSC)[C@@]2(C)O)O[C@@H](C)C1O. The normalized spacial score (nSPS) is 24.8. The van der Waals surface area contributed by atoms with E-state index in [1.165, 1.54) is 84.8 Å². The van der Waals surface area contributed by atoms with Crippen LogP contribution in [0.2, 0.25) is 0 Å². The molecule has 1 saturated heterocycles. The predicted octanol–water partition coefficient (Wildman–Crippen LogP) is 3.68. The first-order valence-electron chi connectivity index (χ1n) is 16.8. The Bertz CT molecular complexity index is 1800. The van der Waals surface area contributed by atoms with Crippen molar-refractivity contribution in [1.82, 2.24) is 5.32 Å². The highest BCUT2D eigenvalue weighted by molar-refractivity contribution is 9.09. The van der Waals surface area contributed by atoms with E-state index in [-0.39, 0.29) is 46.1 Å². The van der Waals surface area contributed by atoms with Gasteiger partial charge in [-0.3, -0.25) is 14.9 Å². The lowest BCUT2D eigenvalue weighted by molar-refractivity contribution is -0.269. The van der Waals surface area contributed by atoms with Gasteiger partial charge in [-0.1, -0.05) is 52.2 Å². The molecule has 0 radical (unpaired) electrons. The fraction of sp³-hybridized carbons (Fsp3) is 0.459. The molecule has 3 rings (SSSR count). The topological polar surface area (TPSA) is 218 Å². The number of esters is 1. The van der Waals surface area contributed by atoms with E-state index < -0.39 is 71.9 Å². The Balaban J connectivity index is 2.05. The van der Waals surface area contributed by atoms with Crippen LogP contribution in [-0.2, 0) is 33.3 Å². The number of ether oxygens (including phenoxy) is 7. The summed E-state index contributed by atoms with van der Waals surface area (Å²) in [6, 6.07) is 2.60. The number of aliphatic hydroxyl groups excluding tert-OH is 2. The highest BCUT2D eigenvalue weighted by Gasteiger charge is 2.52. The number of aliphatic hydroxyl groups is 3. The molecule has 0 bridgehead atoms. The van der Waals surface area contributed by atoms with Crippen LogP contribution in [-0.4, -0.2) is 122 Å². The molecule has 1 fully saturated rings. The van der Waals surface area contributed by atoms with Crippen LogP contribution in [0.5, 0.6) is 11.5 Å². The quantitative estimate of drug-likeness (QED) is 0.0425. The number of carbonyl (C=O) groups excluding carboxylic acids is 4. The van der Waals surface area contributed by atoms with Gasteiger partial charge in [0, 0.05) is 29.9 Å². The third-order valence-corrected chi connectivity index (χ3v) is 12.1. The number of rotatable bonds is 15. The molecule has 0 spiro atoms. The Labute approximate surface area is 336 Å². The van der Waals surface area contributed by atoms with Crippen LogP contribution in [0.4, 0.5) is 10.5 Å². The third-order valence-electron chi connectivity index (χ3n) is 8.42. The van der Waals surface area contributed by atoms with Gasteiger partial charge in [0.15, 0.2) is 29.7 Å². The van der Waals surface area contributed by atoms with E-state index in [1.54, 1.807) is 19.1 Å². The lowest BCUT2D eigenvalue weighted by atomic mass is 9.74. The first-order chi connectivity index (χ1) is 26.6. The van der Waals surface area contributed by atoms with Gasteiger partial charge in [-0.15, -0.1) is 0 Å². The number of carbonyl (C=O) groups is 4. The zero-order valence-electron chi connectivity index (χ0n) is 32.0. The number of allylic oxidation sites excluding steroid dienone is 2. The van der Waals surface area contributed by atoms with E-state index >= 15 is 0 Å². The number of amides is 2. The molecule has 2 unspecified atom stereocenters. The molecule has 16 nitrogen and oxygen atoms in total. The van der Waals surface area contributed by atoms with Gasteiger partial charge < -0.3 is 53.8 Å². The number of methoxy groups -OCH3 is 4. The minimum absolute atomic E-state index is 0.0380. The molecule has 0 saturated carbocycles. The van der Waals surface area contributed by atoms with Gasteiger partial charge in [-0.05, 0) is 48.5 Å². The first-order valence-corrected chi connectivity index (χ1v) is 20.8. The standard InChI is InChI=1S/C37H46N2O14S3/c1-10-11-12-13-24(40)29-22(14-15-55-56-54-9)37(4,46)33(32(42)30(29)39-36(45)50-8)53-28-18-27(31(41)19(2)51-28)52-35(44)21-16-25(48-6)26(49-7)17-23(21)38-34(43)20(3)47-5/h10-11,14,16-17,19,24,27-28,31,33,40-41,46H,3,15,18H2,1-2,4-9H3,(H,38,43)(H,39,45)/b11-10-,22-14+/t19-,24-,27-,28?,31?,33+,37+/m0/s1. The van der Waals surface area contributed by atoms with Crippen LogP contribution in [0.3, 0.4) is 0 Å². The summed E-state index contributed by atoms with van der Waals surface area (Å²) in [5, 5.41) is 39.4. The van der Waals surface area contributed by atoms with Crippen LogP contribution in [0.1, 0.15) is 37.6 Å². The highest BCUT2D eigenvalue weighted by Crippen LogP contribution is 2.42. The monoisotopic (exact) mass is 838 g/mol. The number of anilines is 1. The Kier molecular flexibility index (Phi) is 17.7. The van der Waals surface area contributed by atoms with E-state index in [4.69, 9.17) is 33.2 Å². The summed E-state index contributed by atoms with van der Waals surface area (Å²) in [7, 11) is 9.39. The highest BCUT2D eigenvalue weighted by atomic mass is 33.5. The third kappa shape index (κ3) is 11.3. The van der Waals surface area contributed by atoms with Gasteiger partial charge in [0.2, 0.25) is 5.78 Å². The van der Waals surface area contributed by atoms with Crippen molar-refractivity contribution in [2.45, 2.75) is 69.6 Å². The van der Waals surface area contributed by atoms with Crippen molar-refractivity contribution in [3.63, 3.8) is 0 Å². The lowest BCUT2D eigenvalue weighted by Crippen LogP contribution is -2.58. The molecule has 5 N–H and O–H groups in total. The molecule has 1 aliphatic carbocycles. The number of Topliss-reactive ketones (excluding diaryl/α,β-unsaturated/α-hetero) is 1. The maximum absolute atomic E-state index is 14.2. The van der Waals surface area contributed by atoms with Gasteiger partial charge in [0.1, 0.15) is 23.9 Å². The van der Waals surface area contributed by atoms with E-state index in [9.17, 15) is 34.5 Å². The predicted molar refractivity (Wildman–Crippen MR) is 212 cm³/mol. The summed E-state index contributed by atoms with van der Waals surface area (Å²) in [6.07, 6.45) is -3.37. The van der Waals surface area contributed by atoms with Crippen molar-refractivity contribution in [3.8, 4) is 23.3 Å². The molecule has 1 aromatic carbocycles. The molecule has 1 aliphatic heterocycles. The summed E-state index contributed by atoms with van der Waals surface area (Å²) in [5.41, 5.74) is -2.96. The minimum Gasteiger partial charge on any atom is -0.493 e. The fourth-order valence-corrected chi connectivity index (χ4v) is 8.03. The van der Waals surface area contributed by atoms with Crippen molar-refractivity contribution in [3.05, 3.63) is 65.1 Å². The lowest BCUT2D eigenvalue weighted by Gasteiger charge is -2.44. The summed E-state index contributed by atoms with van der Waals surface area (Å²) in [6.45, 7) is 8.02. The molecular formula is C37H46N2O14S3. The molecule has 1 heterocycles. The Morgan fingerprint density at radius 3 is 2.43 bits per heavy atom. The number of ketones is 1. The number of benzene rings is 1. The van der Waals surface area contributed by atoms with Crippen molar-refractivity contribution >= 4 is 60.9 Å². The van der Waals surface area contributed by atoms with Crippen molar-refractivity contribution in [1.29, 1.82) is 0 Å². The van der Waals surface area contributed by atoms with Gasteiger partial charge in [0.05, 0.1) is 51.5 Å². The van der Waals surface area contributed by atoms with Gasteiger partial charge >= 0.3 is 12.1 Å². The summed E-state index contributed by atoms with van der Waals surface area (Å²) in [5.74, 6) is 2.88. The summed E-state index contributed by atoms with van der Waals surface area (Å²) in [4.78, 5) is 53.2. The summed E-state index contributed by atoms with van der Waals surface area (Å²) >= 11 is 0. The molecule has 7 atom stereocenters. The molecule has 306 valence electrons. The van der Waals surface area contributed by atoms with Crippen LogP contribution < -0.4 is 20.1 Å². The maximum Gasteiger partial charge on any atom is 0.411 e. The van der Waals surface area contributed by atoms with E-state index in [2.05, 4.69) is 29.1 Å². The summed E-state index contributed by atoms with van der Waals surface area (Å²) < 4.78 is 38.1. The number of nitrogens with one attached hydrogen (secondary N) is 2. The fourth-order valence-electron chi connectivity index (χ4n) is 5.62. The second-order valence-corrected chi connectivity index (χ2v) is 16.4. The Morgan fingerprint density at radius 1 is 1.14 bits per heavy atom. The number of alkyl carbamates (subject to hydrolysis) is 1. The molecule has 19 heteroatoms. The van der Waals surface area contributed by atoms with E-state index in [1.807, 2.05) is 6.26 Å². The second-order valence-electron chi connectivity index (χ2n) is 12.0. The van der Waals surface area contributed by atoms with Crippen molar-refractivity contribution in [2.75, 3.05) is 45.8 Å². The van der Waals surface area contributed by atoms with Crippen LogP contribution in [0.15, 0.2) is 59.5 Å². The zero-order chi connectivity index (χ0) is 41.7. The number of hydrogen-bond donors (Lipinski definition) is 5.